The van der Waals surface area contributed by atoms with E-state index in [4.69, 9.17) is 9.26 Å². The Balaban J connectivity index is 1.50. The van der Waals surface area contributed by atoms with Crippen LogP contribution in [0.1, 0.15) is 0 Å². The van der Waals surface area contributed by atoms with E-state index < -0.39 is 7.37 Å². The Morgan fingerprint density at radius 1 is 0.974 bits per heavy atom. The highest BCUT2D eigenvalue weighted by molar-refractivity contribution is 9.10. The predicted octanol–water partition coefficient (Wildman–Crippen LogP) is 5.39. The minimum atomic E-state index is -2.92. The number of rotatable bonds is 8. The van der Waals surface area contributed by atoms with Crippen molar-refractivity contribution < 1.29 is 13.8 Å². The lowest BCUT2D eigenvalue weighted by atomic mass is 10.1. The second-order valence-electron chi connectivity index (χ2n) is 8.53. The molecule has 0 aliphatic carbocycles. The van der Waals surface area contributed by atoms with Gasteiger partial charge in [0.1, 0.15) is 17.0 Å². The van der Waals surface area contributed by atoms with Gasteiger partial charge in [-0.25, -0.2) is 15.0 Å². The van der Waals surface area contributed by atoms with Gasteiger partial charge in [-0.1, -0.05) is 0 Å². The van der Waals surface area contributed by atoms with Gasteiger partial charge in [-0.3, -0.25) is 14.2 Å². The predicted molar refractivity (Wildman–Crippen MR) is 149 cm³/mol. The zero-order chi connectivity index (χ0) is 26.9. The zero-order valence-electron chi connectivity index (χ0n) is 20.9. The molecule has 0 fully saturated rings. The number of hydrogen-bond donors (Lipinski definition) is 2. The van der Waals surface area contributed by atoms with E-state index in [0.717, 1.165) is 11.1 Å². The second-order valence-corrected chi connectivity index (χ2v) is 12.1. The van der Waals surface area contributed by atoms with Crippen LogP contribution in [0.3, 0.4) is 0 Å². The van der Waals surface area contributed by atoms with E-state index in [2.05, 4.69) is 56.6 Å². The molecule has 0 amide bonds. The molecule has 0 aliphatic rings. The number of ether oxygens (including phenoxy) is 1. The van der Waals surface area contributed by atoms with Crippen LogP contribution in [0.5, 0.6) is 11.6 Å². The number of aryl methyl sites for hydroxylation is 1. The van der Waals surface area contributed by atoms with Gasteiger partial charge in [0.05, 0.1) is 29.0 Å². The number of halogens is 1. The molecule has 4 heterocycles. The number of hydrogen-bond acceptors (Lipinski definition) is 11. The molecule has 194 valence electrons. The summed E-state index contributed by atoms with van der Waals surface area (Å²) in [7, 11) is 0.468. The van der Waals surface area contributed by atoms with Crippen LogP contribution in [0.25, 0.3) is 22.2 Å². The van der Waals surface area contributed by atoms with Gasteiger partial charge in [-0.05, 0) is 34.1 Å². The van der Waals surface area contributed by atoms with Crippen LogP contribution >= 0.6 is 23.3 Å². The van der Waals surface area contributed by atoms with Crippen molar-refractivity contribution in [2.75, 3.05) is 31.1 Å². The number of anilines is 4. The number of nitrogens with zero attached hydrogens (tertiary/aromatic N) is 7. The van der Waals surface area contributed by atoms with Gasteiger partial charge in [0.2, 0.25) is 19.2 Å². The van der Waals surface area contributed by atoms with Gasteiger partial charge < -0.3 is 19.9 Å². The summed E-state index contributed by atoms with van der Waals surface area (Å²) in [5.74, 6) is 1.43. The largest absolute Gasteiger partial charge is 0.480 e. The Morgan fingerprint density at radius 2 is 1.79 bits per heavy atom. The third-order valence-electron chi connectivity index (χ3n) is 5.23. The smallest absolute Gasteiger partial charge is 0.242 e. The summed E-state index contributed by atoms with van der Waals surface area (Å²) in [5, 5.41) is 10.6. The molecular formula is C24H23BrN9O3P. The molecule has 2 N–H and O–H groups in total. The summed E-state index contributed by atoms with van der Waals surface area (Å²) >= 11 is 3.50. The molecular weight excluding hydrogens is 573 g/mol. The fourth-order valence-corrected chi connectivity index (χ4v) is 4.53. The fraction of sp³-hybridized carbons (Fsp3) is 0.167. The highest BCUT2D eigenvalue weighted by Gasteiger charge is 2.19. The molecule has 38 heavy (non-hydrogen) atoms. The first-order chi connectivity index (χ1) is 18.2. The Labute approximate surface area is 226 Å². The number of pyridine rings is 1. The van der Waals surface area contributed by atoms with Crippen LogP contribution in [0.15, 0.2) is 59.9 Å². The minimum Gasteiger partial charge on any atom is -0.480 e. The molecule has 0 saturated carbocycles. The molecule has 0 unspecified atom stereocenters. The average Bonchev–Trinajstić information content (AvgIpc) is 3.33. The minimum absolute atomic E-state index is 0.291. The molecule has 0 radical (unpaired) electrons. The third-order valence-corrected chi connectivity index (χ3v) is 6.43. The van der Waals surface area contributed by atoms with Crippen molar-refractivity contribution in [3.8, 4) is 22.8 Å². The van der Waals surface area contributed by atoms with Crippen molar-refractivity contribution in [3.05, 3.63) is 59.9 Å². The molecule has 14 heteroatoms. The molecule has 0 bridgehead atoms. The molecule has 0 spiro atoms. The Morgan fingerprint density at radius 3 is 2.53 bits per heavy atom. The maximum atomic E-state index is 12.6. The number of methoxy groups -OCH3 is 1. The third kappa shape index (κ3) is 5.58. The first-order valence-electron chi connectivity index (χ1n) is 11.3. The highest BCUT2D eigenvalue weighted by Crippen LogP contribution is 2.45. The monoisotopic (exact) mass is 595 g/mol. The molecule has 4 aromatic heterocycles. The molecule has 12 nitrogen and oxygen atoms in total. The van der Waals surface area contributed by atoms with E-state index in [9.17, 15) is 4.57 Å². The lowest BCUT2D eigenvalue weighted by Gasteiger charge is -2.17. The van der Waals surface area contributed by atoms with Crippen LogP contribution < -0.4 is 19.9 Å². The second kappa shape index (κ2) is 10.3. The Kier molecular flexibility index (Phi) is 6.96. The number of aromatic nitrogens is 7. The first kappa shape index (κ1) is 25.6. The van der Waals surface area contributed by atoms with Gasteiger partial charge in [-0.15, -0.1) is 0 Å². The van der Waals surface area contributed by atoms with Crippen LogP contribution in [0, 0.1) is 0 Å². The van der Waals surface area contributed by atoms with E-state index in [-0.39, 0.29) is 0 Å². The fourth-order valence-electron chi connectivity index (χ4n) is 3.62. The molecule has 0 atom stereocenters. The van der Waals surface area contributed by atoms with Crippen molar-refractivity contribution in [2.24, 2.45) is 7.05 Å². The topological polar surface area (TPSA) is 142 Å². The molecule has 5 rings (SSSR count). The summed E-state index contributed by atoms with van der Waals surface area (Å²) < 4.78 is 26.2. The molecule has 0 aliphatic heterocycles. The summed E-state index contributed by atoms with van der Waals surface area (Å²) in [6.45, 7) is 3.07. The number of fused-ring (bicyclic) bond motifs is 1. The summed E-state index contributed by atoms with van der Waals surface area (Å²) in [5.41, 5.74) is 3.93. The van der Waals surface area contributed by atoms with E-state index in [1.165, 1.54) is 20.4 Å². The van der Waals surface area contributed by atoms with Gasteiger partial charge in [0, 0.05) is 62.5 Å². The summed E-state index contributed by atoms with van der Waals surface area (Å²) in [4.78, 5) is 22.1. The van der Waals surface area contributed by atoms with Crippen molar-refractivity contribution in [3.63, 3.8) is 0 Å². The lowest BCUT2D eigenvalue weighted by Crippen LogP contribution is -2.05. The SMILES string of the molecule is COc1ncc(-c2cnn(C)c2)cc1Nc1ncc(Br)c(Nc2ccc3nccnc3c2OP(C)(C)=O)n1. The lowest BCUT2D eigenvalue weighted by molar-refractivity contribution is 0.400. The average molecular weight is 596 g/mol. The van der Waals surface area contributed by atoms with E-state index in [1.807, 2.05) is 19.3 Å². The van der Waals surface area contributed by atoms with E-state index >= 15 is 0 Å². The van der Waals surface area contributed by atoms with Crippen molar-refractivity contribution in [1.82, 2.24) is 34.7 Å². The van der Waals surface area contributed by atoms with Crippen LogP contribution in [0.2, 0.25) is 0 Å². The zero-order valence-corrected chi connectivity index (χ0v) is 23.4. The number of nitrogens with one attached hydrogen (secondary N) is 2. The van der Waals surface area contributed by atoms with E-state index in [1.54, 1.807) is 47.8 Å². The molecule has 5 aromatic rings. The maximum Gasteiger partial charge on any atom is 0.242 e. The van der Waals surface area contributed by atoms with Gasteiger partial charge >= 0.3 is 0 Å². The quantitative estimate of drug-likeness (QED) is 0.223. The van der Waals surface area contributed by atoms with Crippen LogP contribution in [-0.2, 0) is 11.6 Å². The van der Waals surface area contributed by atoms with Crippen molar-refractivity contribution in [2.45, 2.75) is 0 Å². The Hall–Kier alpha value is -4.09. The van der Waals surface area contributed by atoms with Gasteiger partial charge in [0.25, 0.3) is 0 Å². The van der Waals surface area contributed by atoms with Crippen LogP contribution in [-0.4, -0.2) is 55.1 Å². The van der Waals surface area contributed by atoms with E-state index in [0.29, 0.717) is 50.3 Å². The molecule has 0 saturated heterocycles. The van der Waals surface area contributed by atoms with Crippen molar-refractivity contribution in [1.29, 1.82) is 0 Å². The maximum absolute atomic E-state index is 12.6. The summed E-state index contributed by atoms with van der Waals surface area (Å²) in [6.07, 6.45) is 10.1. The number of benzene rings is 1. The van der Waals surface area contributed by atoms with Crippen LogP contribution in [0.4, 0.5) is 23.1 Å². The highest BCUT2D eigenvalue weighted by atomic mass is 79.9. The van der Waals surface area contributed by atoms with Gasteiger partial charge in [-0.2, -0.15) is 10.1 Å². The Bertz CT molecular complexity index is 1690. The first-order valence-corrected chi connectivity index (χ1v) is 14.6. The van der Waals surface area contributed by atoms with Crippen molar-refractivity contribution >= 4 is 57.5 Å². The normalized spacial score (nSPS) is 11.4. The standard InChI is InChI=1S/C24H23BrN9O3P/c1-34-13-15(11-30-34)14-9-19(23(36-2)28-10-14)32-24-29-12-16(25)22(33-24)31-18-6-5-17-20(27-8-7-26-17)21(18)37-38(3,4)35/h5-13H,1-4H3,(H2,29,31,32,33). The van der Waals surface area contributed by atoms with Gasteiger partial charge in [0.15, 0.2) is 5.75 Å². The summed E-state index contributed by atoms with van der Waals surface area (Å²) in [6, 6.07) is 5.45. The molecule has 1 aromatic carbocycles.